The zero-order valence-electron chi connectivity index (χ0n) is 12.4. The number of fused-ring (bicyclic) bond motifs is 1. The number of hydrogen-bond donors (Lipinski definition) is 1. The highest BCUT2D eigenvalue weighted by molar-refractivity contribution is 6.30. The van der Waals surface area contributed by atoms with Crippen LogP contribution in [0.2, 0.25) is 5.02 Å². The van der Waals surface area contributed by atoms with Crippen LogP contribution < -0.4 is 10.1 Å². The summed E-state index contributed by atoms with van der Waals surface area (Å²) >= 11 is 5.89. The molecule has 2 aromatic carbocycles. The van der Waals surface area contributed by atoms with Crippen LogP contribution in [0, 0.1) is 5.92 Å². The van der Waals surface area contributed by atoms with Crippen molar-refractivity contribution in [3.8, 4) is 5.75 Å². The van der Waals surface area contributed by atoms with Crippen molar-refractivity contribution >= 4 is 17.5 Å². The second-order valence-corrected chi connectivity index (χ2v) is 6.04. The molecule has 0 fully saturated rings. The minimum atomic E-state index is -0.148. The largest absolute Gasteiger partial charge is 0.492 e. The summed E-state index contributed by atoms with van der Waals surface area (Å²) in [4.78, 5) is 12.4. The Kier molecular flexibility index (Phi) is 4.34. The first kappa shape index (κ1) is 14.9. The number of ether oxygens (including phenoxy) is 1. The van der Waals surface area contributed by atoms with Gasteiger partial charge in [0, 0.05) is 5.02 Å². The number of carbonyl (C=O) groups excluding carboxylic acids is 1. The first-order valence-corrected chi connectivity index (χ1v) is 7.78. The molecule has 2 aromatic rings. The van der Waals surface area contributed by atoms with Gasteiger partial charge in [0.05, 0.1) is 12.0 Å². The van der Waals surface area contributed by atoms with Crippen LogP contribution in [0.4, 0.5) is 0 Å². The number of rotatable bonds is 3. The zero-order chi connectivity index (χ0) is 15.5. The second kappa shape index (κ2) is 6.41. The summed E-state index contributed by atoms with van der Waals surface area (Å²) in [5, 5.41) is 3.75. The summed E-state index contributed by atoms with van der Waals surface area (Å²) in [7, 11) is 0. The molecule has 4 heteroatoms. The number of amides is 1. The normalized spacial score (nSPS) is 18.0. The minimum absolute atomic E-state index is 0.0250. The van der Waals surface area contributed by atoms with E-state index in [1.165, 1.54) is 0 Å². The van der Waals surface area contributed by atoms with Crippen molar-refractivity contribution in [1.82, 2.24) is 5.32 Å². The number of carbonyl (C=O) groups is 1. The van der Waals surface area contributed by atoms with E-state index < -0.39 is 0 Å². The fourth-order valence-electron chi connectivity index (χ4n) is 2.66. The summed E-state index contributed by atoms with van der Waals surface area (Å²) in [6.07, 6.45) is 0.718. The Bertz CT molecular complexity index is 669. The van der Waals surface area contributed by atoms with E-state index in [-0.39, 0.29) is 17.9 Å². The van der Waals surface area contributed by atoms with Crippen LogP contribution in [0.5, 0.6) is 5.75 Å². The van der Waals surface area contributed by atoms with Gasteiger partial charge in [-0.2, -0.15) is 0 Å². The summed E-state index contributed by atoms with van der Waals surface area (Å²) in [5.74, 6) is 0.763. The van der Waals surface area contributed by atoms with Gasteiger partial charge in [0.25, 0.3) is 0 Å². The standard InChI is InChI=1S/C18H18ClNO2/c1-12(13-6-8-16(19)9-7-13)20-18(21)15-10-14-4-2-3-5-17(14)22-11-15/h2-9,12,15H,10-11H2,1H3,(H,20,21). The van der Waals surface area contributed by atoms with Crippen molar-refractivity contribution in [2.24, 2.45) is 5.92 Å². The average Bonchev–Trinajstić information content (AvgIpc) is 2.55. The van der Waals surface area contributed by atoms with Gasteiger partial charge in [0.15, 0.2) is 0 Å². The number of hydrogen-bond acceptors (Lipinski definition) is 2. The first-order chi connectivity index (χ1) is 10.6. The van der Waals surface area contributed by atoms with E-state index in [2.05, 4.69) is 5.32 Å². The van der Waals surface area contributed by atoms with Crippen molar-refractivity contribution in [2.75, 3.05) is 6.61 Å². The van der Waals surface area contributed by atoms with Crippen molar-refractivity contribution < 1.29 is 9.53 Å². The summed E-state index contributed by atoms with van der Waals surface area (Å²) in [6.45, 7) is 2.40. The second-order valence-electron chi connectivity index (χ2n) is 5.60. The van der Waals surface area contributed by atoms with Crippen LogP contribution in [-0.4, -0.2) is 12.5 Å². The van der Waals surface area contributed by atoms with Crippen LogP contribution in [-0.2, 0) is 11.2 Å². The molecule has 1 amide bonds. The first-order valence-electron chi connectivity index (χ1n) is 7.40. The average molecular weight is 316 g/mol. The lowest BCUT2D eigenvalue weighted by Gasteiger charge is -2.26. The Morgan fingerprint density at radius 2 is 1.95 bits per heavy atom. The van der Waals surface area contributed by atoms with E-state index in [0.29, 0.717) is 11.6 Å². The molecule has 0 saturated heterocycles. The summed E-state index contributed by atoms with van der Waals surface area (Å²) in [6, 6.07) is 15.3. The molecule has 0 bridgehead atoms. The third-order valence-electron chi connectivity index (χ3n) is 3.98. The Labute approximate surface area is 135 Å². The molecule has 0 spiro atoms. The molecule has 0 aliphatic carbocycles. The smallest absolute Gasteiger partial charge is 0.227 e. The maximum Gasteiger partial charge on any atom is 0.227 e. The molecule has 3 nitrogen and oxygen atoms in total. The highest BCUT2D eigenvalue weighted by atomic mass is 35.5. The maximum atomic E-state index is 12.4. The van der Waals surface area contributed by atoms with Crippen molar-refractivity contribution in [3.63, 3.8) is 0 Å². The van der Waals surface area contributed by atoms with Gasteiger partial charge in [-0.1, -0.05) is 41.9 Å². The predicted octanol–water partition coefficient (Wildman–Crippen LogP) is 3.77. The Morgan fingerprint density at radius 3 is 2.73 bits per heavy atom. The fraction of sp³-hybridized carbons (Fsp3) is 0.278. The molecule has 2 unspecified atom stereocenters. The molecule has 1 N–H and O–H groups in total. The lowest BCUT2D eigenvalue weighted by molar-refractivity contribution is -0.126. The highest BCUT2D eigenvalue weighted by Gasteiger charge is 2.26. The molecule has 1 aliphatic heterocycles. The molecule has 1 aliphatic rings. The molecule has 2 atom stereocenters. The van der Waals surface area contributed by atoms with Crippen LogP contribution in [0.15, 0.2) is 48.5 Å². The van der Waals surface area contributed by atoms with Gasteiger partial charge in [-0.3, -0.25) is 4.79 Å². The lowest BCUT2D eigenvalue weighted by atomic mass is 9.95. The van der Waals surface area contributed by atoms with Gasteiger partial charge in [-0.25, -0.2) is 0 Å². The van der Waals surface area contributed by atoms with E-state index in [0.717, 1.165) is 23.3 Å². The van der Waals surface area contributed by atoms with Crippen LogP contribution >= 0.6 is 11.6 Å². The number of para-hydroxylation sites is 1. The third-order valence-corrected chi connectivity index (χ3v) is 4.23. The van der Waals surface area contributed by atoms with E-state index in [1.807, 2.05) is 55.5 Å². The van der Waals surface area contributed by atoms with Gasteiger partial charge in [-0.15, -0.1) is 0 Å². The van der Waals surface area contributed by atoms with Crippen molar-refractivity contribution in [3.05, 3.63) is 64.7 Å². The minimum Gasteiger partial charge on any atom is -0.492 e. The molecular weight excluding hydrogens is 298 g/mol. The Balaban J connectivity index is 1.64. The highest BCUT2D eigenvalue weighted by Crippen LogP contribution is 2.27. The molecule has 3 rings (SSSR count). The molecule has 0 aromatic heterocycles. The number of halogens is 1. The lowest BCUT2D eigenvalue weighted by Crippen LogP contribution is -2.38. The van der Waals surface area contributed by atoms with E-state index in [1.54, 1.807) is 0 Å². The fourth-order valence-corrected chi connectivity index (χ4v) is 2.79. The molecule has 1 heterocycles. The SMILES string of the molecule is CC(NC(=O)C1COc2ccccc2C1)c1ccc(Cl)cc1. The van der Waals surface area contributed by atoms with Crippen molar-refractivity contribution in [1.29, 1.82) is 0 Å². The summed E-state index contributed by atoms with van der Waals surface area (Å²) < 4.78 is 5.68. The van der Waals surface area contributed by atoms with Gasteiger partial charge in [0.1, 0.15) is 12.4 Å². The van der Waals surface area contributed by atoms with Gasteiger partial charge in [0.2, 0.25) is 5.91 Å². The van der Waals surface area contributed by atoms with Crippen LogP contribution in [0.1, 0.15) is 24.1 Å². The topological polar surface area (TPSA) is 38.3 Å². The Morgan fingerprint density at radius 1 is 1.23 bits per heavy atom. The predicted molar refractivity (Wildman–Crippen MR) is 87.1 cm³/mol. The number of nitrogens with one attached hydrogen (secondary N) is 1. The van der Waals surface area contributed by atoms with E-state index in [4.69, 9.17) is 16.3 Å². The van der Waals surface area contributed by atoms with Crippen LogP contribution in [0.25, 0.3) is 0 Å². The van der Waals surface area contributed by atoms with Crippen LogP contribution in [0.3, 0.4) is 0 Å². The maximum absolute atomic E-state index is 12.4. The quantitative estimate of drug-likeness (QED) is 0.936. The summed E-state index contributed by atoms with van der Waals surface area (Å²) in [5.41, 5.74) is 2.13. The van der Waals surface area contributed by atoms with Gasteiger partial charge in [-0.05, 0) is 42.7 Å². The molecule has 0 radical (unpaired) electrons. The molecule has 22 heavy (non-hydrogen) atoms. The molecule has 0 saturated carbocycles. The Hall–Kier alpha value is -2.00. The van der Waals surface area contributed by atoms with Gasteiger partial charge < -0.3 is 10.1 Å². The van der Waals surface area contributed by atoms with E-state index in [9.17, 15) is 4.79 Å². The van der Waals surface area contributed by atoms with Crippen molar-refractivity contribution in [2.45, 2.75) is 19.4 Å². The monoisotopic (exact) mass is 315 g/mol. The van der Waals surface area contributed by atoms with Gasteiger partial charge >= 0.3 is 0 Å². The zero-order valence-corrected chi connectivity index (χ0v) is 13.1. The number of benzene rings is 2. The molecule has 114 valence electrons. The molecular formula is C18H18ClNO2. The van der Waals surface area contributed by atoms with E-state index >= 15 is 0 Å². The third kappa shape index (κ3) is 3.25.